The van der Waals surface area contributed by atoms with Gasteiger partial charge in [-0.25, -0.2) is 4.98 Å². The Hall–Kier alpha value is -2.05. The number of rotatable bonds is 3. The van der Waals surface area contributed by atoms with Crippen LogP contribution in [-0.4, -0.2) is 4.98 Å². The molecule has 2 aromatic rings. The molecule has 0 radical (unpaired) electrons. The molecule has 0 N–H and O–H groups in total. The summed E-state index contributed by atoms with van der Waals surface area (Å²) >= 11 is 6.08. The molecule has 0 saturated carbocycles. The van der Waals surface area contributed by atoms with E-state index in [1.54, 1.807) is 12.1 Å². The highest BCUT2D eigenvalue weighted by atomic mass is 35.5. The first kappa shape index (κ1) is 14.4. The molecule has 0 fully saturated rings. The highest BCUT2D eigenvalue weighted by molar-refractivity contribution is 6.31. The van der Waals surface area contributed by atoms with Crippen molar-refractivity contribution in [2.75, 3.05) is 0 Å². The molecule has 20 heavy (non-hydrogen) atoms. The van der Waals surface area contributed by atoms with E-state index in [4.69, 9.17) is 16.3 Å². The SMILES string of the molecule is CCc1cc(Oc2nc(C)cc(C)c2C#N)ccc1Cl. The second-order valence-corrected chi connectivity index (χ2v) is 4.99. The predicted octanol–water partition coefficient (Wildman–Crippen LogP) is 4.58. The lowest BCUT2D eigenvalue weighted by atomic mass is 10.1. The van der Waals surface area contributed by atoms with Gasteiger partial charge in [-0.1, -0.05) is 18.5 Å². The largest absolute Gasteiger partial charge is 0.438 e. The molecule has 0 unspecified atom stereocenters. The molecule has 0 spiro atoms. The van der Waals surface area contributed by atoms with Crippen LogP contribution in [0.5, 0.6) is 11.6 Å². The van der Waals surface area contributed by atoms with Gasteiger partial charge in [-0.2, -0.15) is 5.26 Å². The van der Waals surface area contributed by atoms with E-state index >= 15 is 0 Å². The minimum absolute atomic E-state index is 0.342. The zero-order valence-corrected chi connectivity index (χ0v) is 12.5. The van der Waals surface area contributed by atoms with Crippen molar-refractivity contribution in [2.45, 2.75) is 27.2 Å². The van der Waals surface area contributed by atoms with Gasteiger partial charge in [-0.3, -0.25) is 0 Å². The summed E-state index contributed by atoms with van der Waals surface area (Å²) in [6.45, 7) is 5.78. The number of halogens is 1. The van der Waals surface area contributed by atoms with E-state index < -0.39 is 0 Å². The van der Waals surface area contributed by atoms with E-state index in [0.29, 0.717) is 22.2 Å². The Bertz CT molecular complexity index is 690. The monoisotopic (exact) mass is 286 g/mol. The zero-order valence-electron chi connectivity index (χ0n) is 11.7. The summed E-state index contributed by atoms with van der Waals surface area (Å²) in [6.07, 6.45) is 0.821. The maximum absolute atomic E-state index is 9.22. The van der Waals surface area contributed by atoms with Crippen molar-refractivity contribution < 1.29 is 4.74 Å². The molecular formula is C16H15ClN2O. The fraction of sp³-hybridized carbons (Fsp3) is 0.250. The van der Waals surface area contributed by atoms with Crippen LogP contribution in [0, 0.1) is 25.2 Å². The number of aryl methyl sites for hydroxylation is 3. The van der Waals surface area contributed by atoms with Gasteiger partial charge in [0.1, 0.15) is 17.4 Å². The Labute approximate surface area is 123 Å². The van der Waals surface area contributed by atoms with Gasteiger partial charge < -0.3 is 4.74 Å². The smallest absolute Gasteiger partial charge is 0.237 e. The Morgan fingerprint density at radius 1 is 1.30 bits per heavy atom. The molecule has 2 rings (SSSR count). The highest BCUT2D eigenvalue weighted by Gasteiger charge is 2.11. The van der Waals surface area contributed by atoms with Gasteiger partial charge in [-0.05, 0) is 55.7 Å². The molecule has 1 aromatic heterocycles. The molecule has 0 aliphatic carbocycles. The van der Waals surface area contributed by atoms with Gasteiger partial charge in [0, 0.05) is 10.7 Å². The topological polar surface area (TPSA) is 45.9 Å². The molecule has 102 valence electrons. The quantitative estimate of drug-likeness (QED) is 0.830. The van der Waals surface area contributed by atoms with Crippen LogP contribution in [0.25, 0.3) is 0 Å². The van der Waals surface area contributed by atoms with Crippen LogP contribution < -0.4 is 4.74 Å². The van der Waals surface area contributed by atoms with Crippen molar-refractivity contribution in [3.63, 3.8) is 0 Å². The maximum atomic E-state index is 9.22. The summed E-state index contributed by atoms with van der Waals surface area (Å²) in [5.41, 5.74) is 3.15. The molecule has 0 amide bonds. The van der Waals surface area contributed by atoms with E-state index in [1.165, 1.54) is 0 Å². The minimum Gasteiger partial charge on any atom is -0.438 e. The number of benzene rings is 1. The first-order chi connectivity index (χ1) is 9.55. The average molecular weight is 287 g/mol. The molecule has 1 heterocycles. The third kappa shape index (κ3) is 2.92. The van der Waals surface area contributed by atoms with Crippen LogP contribution in [-0.2, 0) is 6.42 Å². The minimum atomic E-state index is 0.342. The third-order valence-electron chi connectivity index (χ3n) is 3.04. The van der Waals surface area contributed by atoms with Gasteiger partial charge in [0.05, 0.1) is 0 Å². The van der Waals surface area contributed by atoms with Crippen LogP contribution in [0.1, 0.15) is 29.3 Å². The molecule has 1 aromatic carbocycles. The van der Waals surface area contributed by atoms with Gasteiger partial charge in [0.25, 0.3) is 0 Å². The fourth-order valence-electron chi connectivity index (χ4n) is 2.01. The van der Waals surface area contributed by atoms with Gasteiger partial charge in [0.15, 0.2) is 0 Å². The molecule has 0 bridgehead atoms. The van der Waals surface area contributed by atoms with Crippen molar-refractivity contribution in [1.29, 1.82) is 5.26 Å². The maximum Gasteiger partial charge on any atom is 0.237 e. The zero-order chi connectivity index (χ0) is 14.7. The fourth-order valence-corrected chi connectivity index (χ4v) is 2.26. The summed E-state index contributed by atoms with van der Waals surface area (Å²) in [4.78, 5) is 4.30. The standard InChI is InChI=1S/C16H15ClN2O/c1-4-12-8-13(5-6-15(12)17)20-16-14(9-18)10(2)7-11(3)19-16/h5-8H,4H2,1-3H3. The lowest BCUT2D eigenvalue weighted by Gasteiger charge is -2.10. The highest BCUT2D eigenvalue weighted by Crippen LogP contribution is 2.29. The number of pyridine rings is 1. The molecular weight excluding hydrogens is 272 g/mol. The average Bonchev–Trinajstić information content (AvgIpc) is 2.40. The van der Waals surface area contributed by atoms with E-state index in [9.17, 15) is 5.26 Å². The van der Waals surface area contributed by atoms with Crippen LogP contribution in [0.3, 0.4) is 0 Å². The molecule has 3 nitrogen and oxygen atoms in total. The van der Waals surface area contributed by atoms with Crippen LogP contribution >= 0.6 is 11.6 Å². The normalized spacial score (nSPS) is 10.2. The van der Waals surface area contributed by atoms with Gasteiger partial charge in [-0.15, -0.1) is 0 Å². The molecule has 0 aliphatic heterocycles. The van der Waals surface area contributed by atoms with Crippen molar-refractivity contribution in [2.24, 2.45) is 0 Å². The first-order valence-corrected chi connectivity index (χ1v) is 6.77. The molecule has 0 saturated heterocycles. The number of nitrogens with zero attached hydrogens (tertiary/aromatic N) is 2. The Morgan fingerprint density at radius 2 is 2.05 bits per heavy atom. The summed E-state index contributed by atoms with van der Waals surface area (Å²) < 4.78 is 5.77. The summed E-state index contributed by atoms with van der Waals surface area (Å²) in [5.74, 6) is 0.981. The predicted molar refractivity (Wildman–Crippen MR) is 79.3 cm³/mol. The number of nitriles is 1. The van der Waals surface area contributed by atoms with Gasteiger partial charge >= 0.3 is 0 Å². The first-order valence-electron chi connectivity index (χ1n) is 6.39. The van der Waals surface area contributed by atoms with E-state index in [-0.39, 0.29) is 0 Å². The second-order valence-electron chi connectivity index (χ2n) is 4.58. The van der Waals surface area contributed by atoms with Crippen molar-refractivity contribution in [1.82, 2.24) is 4.98 Å². The van der Waals surface area contributed by atoms with E-state index in [2.05, 4.69) is 11.1 Å². The van der Waals surface area contributed by atoms with Crippen LogP contribution in [0.4, 0.5) is 0 Å². The van der Waals surface area contributed by atoms with Gasteiger partial charge in [0.2, 0.25) is 5.88 Å². The summed E-state index contributed by atoms with van der Waals surface area (Å²) in [5, 5.41) is 9.94. The van der Waals surface area contributed by atoms with E-state index in [1.807, 2.05) is 32.9 Å². The molecule has 0 aliphatic rings. The second kappa shape index (κ2) is 5.94. The molecule has 0 atom stereocenters. The summed E-state index contributed by atoms with van der Waals surface area (Å²) in [7, 11) is 0. The lowest BCUT2D eigenvalue weighted by molar-refractivity contribution is 0.459. The Morgan fingerprint density at radius 3 is 2.70 bits per heavy atom. The van der Waals surface area contributed by atoms with Crippen molar-refractivity contribution in [3.8, 4) is 17.7 Å². The van der Waals surface area contributed by atoms with Crippen LogP contribution in [0.2, 0.25) is 5.02 Å². The van der Waals surface area contributed by atoms with E-state index in [0.717, 1.165) is 23.2 Å². The number of aromatic nitrogens is 1. The third-order valence-corrected chi connectivity index (χ3v) is 3.40. The number of ether oxygens (including phenoxy) is 1. The Balaban J connectivity index is 2.42. The van der Waals surface area contributed by atoms with Crippen molar-refractivity contribution in [3.05, 3.63) is 51.7 Å². The van der Waals surface area contributed by atoms with Crippen molar-refractivity contribution >= 4 is 11.6 Å². The molecule has 4 heteroatoms. The number of hydrogen-bond acceptors (Lipinski definition) is 3. The lowest BCUT2D eigenvalue weighted by Crippen LogP contribution is -1.97. The summed E-state index contributed by atoms with van der Waals surface area (Å²) in [6, 6.07) is 9.46. The van der Waals surface area contributed by atoms with Crippen LogP contribution in [0.15, 0.2) is 24.3 Å². The number of hydrogen-bond donors (Lipinski definition) is 0. The Kier molecular flexibility index (Phi) is 4.26.